The number of unbranched alkanes of at least 4 members (excludes halogenated alkanes) is 1. The number of hydrazine groups is 1. The van der Waals surface area contributed by atoms with Crippen LogP contribution in [0.2, 0.25) is 0 Å². The Balaban J connectivity index is 1.86. The van der Waals surface area contributed by atoms with Crippen molar-refractivity contribution in [3.05, 3.63) is 29.8 Å². The molecule has 0 radical (unpaired) electrons. The molecule has 2 rings (SSSR count). The average molecular weight is 425 g/mol. The molecule has 1 saturated heterocycles. The van der Waals surface area contributed by atoms with E-state index in [0.717, 1.165) is 6.26 Å². The van der Waals surface area contributed by atoms with Crippen molar-refractivity contribution >= 4 is 27.6 Å². The molecule has 0 unspecified atom stereocenters. The molecular formula is C20H28N2O6S. The van der Waals surface area contributed by atoms with Gasteiger partial charge >= 0.3 is 5.97 Å². The van der Waals surface area contributed by atoms with Gasteiger partial charge in [-0.2, -0.15) is 0 Å². The Labute approximate surface area is 171 Å². The molecule has 9 heteroatoms. The lowest BCUT2D eigenvalue weighted by Gasteiger charge is -2.28. The number of rotatable bonds is 9. The Hall–Kier alpha value is -2.42. The third kappa shape index (κ3) is 6.85. The van der Waals surface area contributed by atoms with Crippen LogP contribution in [0, 0.1) is 0 Å². The van der Waals surface area contributed by atoms with E-state index in [9.17, 15) is 22.8 Å². The second kappa shape index (κ2) is 10.4. The van der Waals surface area contributed by atoms with Gasteiger partial charge in [0, 0.05) is 32.2 Å². The molecule has 160 valence electrons. The van der Waals surface area contributed by atoms with Crippen molar-refractivity contribution in [2.24, 2.45) is 0 Å². The highest BCUT2D eigenvalue weighted by Gasteiger charge is 2.30. The summed E-state index contributed by atoms with van der Waals surface area (Å²) in [5.74, 6) is -0.596. The first-order valence-electron chi connectivity index (χ1n) is 9.77. The summed E-state index contributed by atoms with van der Waals surface area (Å²) >= 11 is 0. The van der Waals surface area contributed by atoms with Crippen LogP contribution in [0.1, 0.15) is 44.6 Å². The van der Waals surface area contributed by atoms with Crippen molar-refractivity contribution in [1.29, 1.82) is 0 Å². The molecule has 0 spiro atoms. The van der Waals surface area contributed by atoms with Gasteiger partial charge < -0.3 is 4.74 Å². The van der Waals surface area contributed by atoms with Crippen LogP contribution in [0.5, 0.6) is 0 Å². The third-order valence-corrected chi connectivity index (χ3v) is 5.77. The quantitative estimate of drug-likeness (QED) is 0.442. The van der Waals surface area contributed by atoms with E-state index in [0.29, 0.717) is 44.5 Å². The third-order valence-electron chi connectivity index (χ3n) is 4.64. The lowest BCUT2D eigenvalue weighted by molar-refractivity contribution is -0.157. The Morgan fingerprint density at radius 1 is 0.966 bits per heavy atom. The van der Waals surface area contributed by atoms with E-state index in [1.165, 1.54) is 22.2 Å². The van der Waals surface area contributed by atoms with E-state index in [4.69, 9.17) is 4.74 Å². The SMILES string of the molecule is CCOC(=O)CCCCC(=O)N1CCCN1C(=O)Cc1ccc(S(C)(=O)=O)cc1. The number of hydrogen-bond acceptors (Lipinski definition) is 6. The summed E-state index contributed by atoms with van der Waals surface area (Å²) in [7, 11) is -3.28. The summed E-state index contributed by atoms with van der Waals surface area (Å²) < 4.78 is 27.9. The van der Waals surface area contributed by atoms with Gasteiger partial charge in [-0.1, -0.05) is 12.1 Å². The van der Waals surface area contributed by atoms with Gasteiger partial charge in [-0.25, -0.2) is 8.42 Å². The molecule has 1 aromatic rings. The second-order valence-corrected chi connectivity index (χ2v) is 9.01. The summed E-state index contributed by atoms with van der Waals surface area (Å²) in [5, 5.41) is 2.95. The van der Waals surface area contributed by atoms with Gasteiger partial charge in [-0.3, -0.25) is 24.4 Å². The Morgan fingerprint density at radius 3 is 2.14 bits per heavy atom. The average Bonchev–Trinajstić information content (AvgIpc) is 3.15. The van der Waals surface area contributed by atoms with Crippen molar-refractivity contribution < 1.29 is 27.5 Å². The minimum Gasteiger partial charge on any atom is -0.466 e. The van der Waals surface area contributed by atoms with Crippen molar-refractivity contribution in [3.8, 4) is 0 Å². The van der Waals surface area contributed by atoms with E-state index in [1.54, 1.807) is 19.1 Å². The van der Waals surface area contributed by atoms with Crippen molar-refractivity contribution in [2.75, 3.05) is 26.0 Å². The van der Waals surface area contributed by atoms with Gasteiger partial charge in [-0.15, -0.1) is 0 Å². The second-order valence-electron chi connectivity index (χ2n) is 6.99. The lowest BCUT2D eigenvalue weighted by atomic mass is 10.1. The van der Waals surface area contributed by atoms with Crippen LogP contribution in [0.4, 0.5) is 0 Å². The fraction of sp³-hybridized carbons (Fsp3) is 0.550. The maximum atomic E-state index is 12.7. The fourth-order valence-electron chi connectivity index (χ4n) is 3.16. The van der Waals surface area contributed by atoms with Crippen molar-refractivity contribution in [3.63, 3.8) is 0 Å². The highest BCUT2D eigenvalue weighted by molar-refractivity contribution is 7.90. The maximum Gasteiger partial charge on any atom is 0.305 e. The highest BCUT2D eigenvalue weighted by Crippen LogP contribution is 2.17. The van der Waals surface area contributed by atoms with Crippen LogP contribution < -0.4 is 0 Å². The van der Waals surface area contributed by atoms with E-state index in [-0.39, 0.29) is 41.9 Å². The van der Waals surface area contributed by atoms with E-state index >= 15 is 0 Å². The minimum atomic E-state index is -3.28. The van der Waals surface area contributed by atoms with Crippen LogP contribution in [0.25, 0.3) is 0 Å². The maximum absolute atomic E-state index is 12.7. The smallest absolute Gasteiger partial charge is 0.305 e. The first-order chi connectivity index (χ1) is 13.7. The summed E-state index contributed by atoms with van der Waals surface area (Å²) in [6.45, 7) is 3.07. The molecule has 29 heavy (non-hydrogen) atoms. The van der Waals surface area contributed by atoms with Crippen LogP contribution in [-0.2, 0) is 35.4 Å². The zero-order chi connectivity index (χ0) is 21.4. The number of nitrogens with zero attached hydrogens (tertiary/aromatic N) is 2. The number of carbonyl (C=O) groups excluding carboxylic acids is 3. The van der Waals surface area contributed by atoms with Gasteiger partial charge in [0.1, 0.15) is 0 Å². The highest BCUT2D eigenvalue weighted by atomic mass is 32.2. The number of amides is 2. The molecule has 1 aliphatic heterocycles. The summed E-state index contributed by atoms with van der Waals surface area (Å²) in [4.78, 5) is 36.7. The van der Waals surface area contributed by atoms with E-state index < -0.39 is 9.84 Å². The van der Waals surface area contributed by atoms with Crippen molar-refractivity contribution in [1.82, 2.24) is 10.0 Å². The van der Waals surface area contributed by atoms with Gasteiger partial charge in [-0.05, 0) is 43.9 Å². The molecule has 0 bridgehead atoms. The van der Waals surface area contributed by atoms with Gasteiger partial charge in [0.2, 0.25) is 11.8 Å². The normalized spacial score (nSPS) is 14.1. The molecule has 2 amide bonds. The lowest BCUT2D eigenvalue weighted by Crippen LogP contribution is -2.45. The summed E-state index contributed by atoms with van der Waals surface area (Å²) in [6, 6.07) is 6.20. The molecule has 1 fully saturated rings. The molecule has 0 N–H and O–H groups in total. The van der Waals surface area contributed by atoms with Crippen LogP contribution in [0.15, 0.2) is 29.2 Å². The number of carbonyl (C=O) groups is 3. The molecule has 1 aliphatic rings. The van der Waals surface area contributed by atoms with E-state index in [2.05, 4.69) is 0 Å². The number of ether oxygens (including phenoxy) is 1. The number of benzene rings is 1. The van der Waals surface area contributed by atoms with Crippen LogP contribution in [0.3, 0.4) is 0 Å². The summed E-state index contributed by atoms with van der Waals surface area (Å²) in [6.07, 6.45) is 3.62. The molecule has 0 aliphatic carbocycles. The molecule has 8 nitrogen and oxygen atoms in total. The first-order valence-corrected chi connectivity index (χ1v) is 11.7. The minimum absolute atomic E-state index is 0.0939. The molecule has 0 atom stereocenters. The molecule has 0 aromatic heterocycles. The van der Waals surface area contributed by atoms with Gasteiger partial charge in [0.25, 0.3) is 0 Å². The van der Waals surface area contributed by atoms with Gasteiger partial charge in [0.15, 0.2) is 9.84 Å². The number of esters is 1. The zero-order valence-electron chi connectivity index (χ0n) is 16.9. The molecule has 1 aromatic carbocycles. The zero-order valence-corrected chi connectivity index (χ0v) is 17.7. The number of sulfone groups is 1. The number of hydrogen-bond donors (Lipinski definition) is 0. The predicted molar refractivity (Wildman–Crippen MR) is 106 cm³/mol. The largest absolute Gasteiger partial charge is 0.466 e. The Bertz CT molecular complexity index is 835. The van der Waals surface area contributed by atoms with E-state index in [1.807, 2.05) is 0 Å². The standard InChI is InChI=1S/C20H28N2O6S/c1-3-28-20(25)8-5-4-7-18(23)21-13-6-14-22(21)19(24)15-16-9-11-17(12-10-16)29(2,26)27/h9-12H,3-8,13-15H2,1-2H3. The molecule has 0 saturated carbocycles. The molecular weight excluding hydrogens is 396 g/mol. The first kappa shape index (κ1) is 22.9. The Morgan fingerprint density at radius 2 is 1.55 bits per heavy atom. The summed E-state index contributed by atoms with van der Waals surface area (Å²) in [5.41, 5.74) is 0.691. The Kier molecular flexibility index (Phi) is 8.19. The van der Waals surface area contributed by atoms with Crippen LogP contribution in [-0.4, -0.2) is 62.2 Å². The predicted octanol–water partition coefficient (Wildman–Crippen LogP) is 1.73. The van der Waals surface area contributed by atoms with Crippen molar-refractivity contribution in [2.45, 2.75) is 50.3 Å². The molecule has 1 heterocycles. The topological polar surface area (TPSA) is 101 Å². The van der Waals surface area contributed by atoms with Gasteiger partial charge in [0.05, 0.1) is 17.9 Å². The monoisotopic (exact) mass is 424 g/mol. The fourth-order valence-corrected chi connectivity index (χ4v) is 3.79. The van der Waals surface area contributed by atoms with Crippen LogP contribution >= 0.6 is 0 Å².